The molecule has 1 saturated heterocycles. The van der Waals surface area contributed by atoms with Crippen LogP contribution >= 0.6 is 0 Å². The highest BCUT2D eigenvalue weighted by Gasteiger charge is 2.27. The van der Waals surface area contributed by atoms with Gasteiger partial charge in [0.15, 0.2) is 0 Å². The molecule has 0 aliphatic carbocycles. The zero-order valence-corrected chi connectivity index (χ0v) is 12.0. The molecule has 0 radical (unpaired) electrons. The van der Waals surface area contributed by atoms with Crippen LogP contribution in [0.1, 0.15) is 12.8 Å². The lowest BCUT2D eigenvalue weighted by molar-refractivity contribution is -0.143. The molecule has 126 valence electrons. The molecule has 1 aliphatic rings. The monoisotopic (exact) mass is 332 g/mol. The lowest BCUT2D eigenvalue weighted by Crippen LogP contribution is -2.42. The van der Waals surface area contributed by atoms with Crippen LogP contribution in [0.25, 0.3) is 0 Å². The highest BCUT2D eigenvalue weighted by atomic mass is 19.3. The van der Waals surface area contributed by atoms with Crippen molar-refractivity contribution >= 4 is 17.7 Å². The van der Waals surface area contributed by atoms with E-state index in [2.05, 4.69) is 10.1 Å². The number of hydrogen-bond donors (Lipinski definition) is 2. The highest BCUT2D eigenvalue weighted by Crippen LogP contribution is 2.23. The summed E-state index contributed by atoms with van der Waals surface area (Å²) < 4.78 is 41.9. The van der Waals surface area contributed by atoms with Crippen molar-refractivity contribution in [3.05, 3.63) is 24.0 Å². The zero-order valence-electron chi connectivity index (χ0n) is 12.0. The minimum absolute atomic E-state index is 0.169. The summed E-state index contributed by atoms with van der Waals surface area (Å²) in [5, 5.41) is 11.2. The number of aliphatic carboxylic acids is 1. The fourth-order valence-corrected chi connectivity index (χ4v) is 2.30. The number of halogens is 3. The van der Waals surface area contributed by atoms with Gasteiger partial charge in [0.2, 0.25) is 0 Å². The van der Waals surface area contributed by atoms with Crippen molar-refractivity contribution in [3.63, 3.8) is 0 Å². The fraction of sp³-hybridized carbons (Fsp3) is 0.429. The summed E-state index contributed by atoms with van der Waals surface area (Å²) in [4.78, 5) is 24.2. The highest BCUT2D eigenvalue weighted by molar-refractivity contribution is 5.89. The molecule has 2 amide bonds. The van der Waals surface area contributed by atoms with E-state index in [0.717, 1.165) is 18.2 Å². The van der Waals surface area contributed by atoms with Gasteiger partial charge in [-0.3, -0.25) is 4.79 Å². The van der Waals surface area contributed by atoms with Crippen LogP contribution in [-0.4, -0.2) is 41.7 Å². The maximum absolute atomic E-state index is 13.8. The van der Waals surface area contributed by atoms with Crippen molar-refractivity contribution in [2.24, 2.45) is 5.92 Å². The molecule has 2 rings (SSSR count). The molecule has 0 saturated carbocycles. The largest absolute Gasteiger partial charge is 0.481 e. The van der Waals surface area contributed by atoms with Crippen LogP contribution in [0, 0.1) is 11.7 Å². The van der Waals surface area contributed by atoms with Crippen molar-refractivity contribution in [3.8, 4) is 5.75 Å². The molecule has 23 heavy (non-hydrogen) atoms. The van der Waals surface area contributed by atoms with Crippen molar-refractivity contribution in [2.45, 2.75) is 19.5 Å². The number of carbonyl (C=O) groups is 2. The number of piperidine rings is 1. The minimum Gasteiger partial charge on any atom is -0.481 e. The van der Waals surface area contributed by atoms with Gasteiger partial charge in [0.05, 0.1) is 11.6 Å². The molecule has 0 bridgehead atoms. The standard InChI is InChI=1S/C14H15F3N2O4/c15-10-7-9(23-13(16)17)1-2-11(10)18-14(22)19-5-3-8(4-6-19)12(20)21/h1-2,7-8,13H,3-6H2,(H,18,22)(H,20,21). The quantitative estimate of drug-likeness (QED) is 0.889. The van der Waals surface area contributed by atoms with Crippen LogP contribution in [0.5, 0.6) is 5.75 Å². The van der Waals surface area contributed by atoms with Gasteiger partial charge in [0, 0.05) is 19.2 Å². The van der Waals surface area contributed by atoms with Gasteiger partial charge in [-0.2, -0.15) is 8.78 Å². The van der Waals surface area contributed by atoms with E-state index in [1.165, 1.54) is 4.90 Å². The Morgan fingerprint density at radius 2 is 1.96 bits per heavy atom. The summed E-state index contributed by atoms with van der Waals surface area (Å²) in [5.41, 5.74) is -0.169. The number of anilines is 1. The zero-order chi connectivity index (χ0) is 17.0. The lowest BCUT2D eigenvalue weighted by Gasteiger charge is -2.30. The number of carboxylic acid groups (broad SMARTS) is 1. The summed E-state index contributed by atoms with van der Waals surface area (Å²) >= 11 is 0. The average Bonchev–Trinajstić information content (AvgIpc) is 2.49. The van der Waals surface area contributed by atoms with Crippen molar-refractivity contribution in [1.29, 1.82) is 0 Å². The minimum atomic E-state index is -3.06. The Hall–Kier alpha value is -2.45. The molecule has 9 heteroatoms. The molecule has 6 nitrogen and oxygen atoms in total. The number of ether oxygens (including phenoxy) is 1. The van der Waals surface area contributed by atoms with Crippen LogP contribution in [0.4, 0.5) is 23.7 Å². The van der Waals surface area contributed by atoms with Gasteiger partial charge >= 0.3 is 18.6 Å². The molecular formula is C14H15F3N2O4. The fourth-order valence-electron chi connectivity index (χ4n) is 2.30. The Balaban J connectivity index is 1.94. The van der Waals surface area contributed by atoms with Crippen molar-refractivity contribution < 1.29 is 32.6 Å². The Morgan fingerprint density at radius 3 is 2.48 bits per heavy atom. The van der Waals surface area contributed by atoms with Crippen molar-refractivity contribution in [2.75, 3.05) is 18.4 Å². The predicted octanol–water partition coefficient (Wildman–Crippen LogP) is 2.76. The van der Waals surface area contributed by atoms with Crippen LogP contribution < -0.4 is 10.1 Å². The molecule has 0 spiro atoms. The number of urea groups is 1. The number of benzene rings is 1. The van der Waals surface area contributed by atoms with E-state index in [1.807, 2.05) is 0 Å². The maximum Gasteiger partial charge on any atom is 0.387 e. The van der Waals surface area contributed by atoms with Gasteiger partial charge in [-0.1, -0.05) is 0 Å². The van der Waals surface area contributed by atoms with Gasteiger partial charge in [0.25, 0.3) is 0 Å². The van der Waals surface area contributed by atoms with E-state index in [1.54, 1.807) is 0 Å². The predicted molar refractivity (Wildman–Crippen MR) is 74.0 cm³/mol. The first-order valence-corrected chi connectivity index (χ1v) is 6.90. The van der Waals surface area contributed by atoms with E-state index in [9.17, 15) is 22.8 Å². The van der Waals surface area contributed by atoms with Gasteiger partial charge in [0.1, 0.15) is 11.6 Å². The summed E-state index contributed by atoms with van der Waals surface area (Å²) in [7, 11) is 0. The lowest BCUT2D eigenvalue weighted by atomic mass is 9.97. The molecule has 1 fully saturated rings. The normalized spacial score (nSPS) is 15.6. The third-order valence-corrected chi connectivity index (χ3v) is 3.54. The molecule has 0 aromatic heterocycles. The molecule has 0 atom stereocenters. The molecule has 0 unspecified atom stereocenters. The van der Waals surface area contributed by atoms with Crippen LogP contribution in [-0.2, 0) is 4.79 Å². The first-order chi connectivity index (χ1) is 10.9. The number of carbonyl (C=O) groups excluding carboxylic acids is 1. The first-order valence-electron chi connectivity index (χ1n) is 6.90. The van der Waals surface area contributed by atoms with E-state index >= 15 is 0 Å². The van der Waals surface area contributed by atoms with Gasteiger partial charge in [-0.05, 0) is 25.0 Å². The van der Waals surface area contributed by atoms with Crippen molar-refractivity contribution in [1.82, 2.24) is 4.90 Å². The first kappa shape index (κ1) is 16.9. The summed E-state index contributed by atoms with van der Waals surface area (Å²) in [6, 6.07) is 2.41. The van der Waals surface area contributed by atoms with Gasteiger partial charge < -0.3 is 20.1 Å². The molecule has 2 N–H and O–H groups in total. The Labute approximate surface area is 129 Å². The SMILES string of the molecule is O=C(O)C1CCN(C(=O)Nc2ccc(OC(F)F)cc2F)CC1. The number of amides is 2. The topological polar surface area (TPSA) is 78.9 Å². The van der Waals surface area contributed by atoms with Gasteiger partial charge in [-0.25, -0.2) is 9.18 Å². The van der Waals surface area contributed by atoms with Crippen LogP contribution in [0.2, 0.25) is 0 Å². The second-order valence-electron chi connectivity index (χ2n) is 5.05. The van der Waals surface area contributed by atoms with Crippen LogP contribution in [0.15, 0.2) is 18.2 Å². The average molecular weight is 332 g/mol. The molecule has 1 aliphatic heterocycles. The Bertz CT molecular complexity index is 589. The number of likely N-dealkylation sites (tertiary alicyclic amines) is 1. The second kappa shape index (κ2) is 7.21. The molecule has 1 heterocycles. The number of carboxylic acids is 1. The van der Waals surface area contributed by atoms with E-state index in [4.69, 9.17) is 5.11 Å². The Kier molecular flexibility index (Phi) is 5.30. The number of nitrogens with zero attached hydrogens (tertiary/aromatic N) is 1. The van der Waals surface area contributed by atoms with Crippen LogP contribution in [0.3, 0.4) is 0 Å². The van der Waals surface area contributed by atoms with E-state index in [-0.39, 0.29) is 24.5 Å². The number of nitrogens with one attached hydrogen (secondary N) is 1. The molecular weight excluding hydrogens is 317 g/mol. The summed E-state index contributed by atoms with van der Waals surface area (Å²) in [5.74, 6) is -2.64. The number of alkyl halides is 2. The summed E-state index contributed by atoms with van der Waals surface area (Å²) in [6.45, 7) is -2.57. The smallest absolute Gasteiger partial charge is 0.387 e. The molecule has 1 aromatic rings. The number of rotatable bonds is 4. The van der Waals surface area contributed by atoms with E-state index < -0.39 is 30.3 Å². The maximum atomic E-state index is 13.8. The third-order valence-electron chi connectivity index (χ3n) is 3.54. The third kappa shape index (κ3) is 4.51. The van der Waals surface area contributed by atoms with Gasteiger partial charge in [-0.15, -0.1) is 0 Å². The summed E-state index contributed by atoms with van der Waals surface area (Å²) in [6.07, 6.45) is 0.652. The second-order valence-corrected chi connectivity index (χ2v) is 5.05. The number of hydrogen-bond acceptors (Lipinski definition) is 3. The Morgan fingerprint density at radius 1 is 1.30 bits per heavy atom. The van der Waals surface area contributed by atoms with E-state index in [0.29, 0.717) is 12.8 Å². The molecule has 1 aromatic carbocycles.